The van der Waals surface area contributed by atoms with Gasteiger partial charge in [-0.15, -0.1) is 0 Å². The monoisotopic (exact) mass is 180 g/mol. The Hall–Kier alpha value is -0.920. The molecule has 0 aromatic heterocycles. The largest absolute Gasteiger partial charge is 0.402 e. The molecule has 1 unspecified atom stereocenters. The van der Waals surface area contributed by atoms with Crippen LogP contribution in [0.3, 0.4) is 0 Å². The molecule has 1 aliphatic carbocycles. The van der Waals surface area contributed by atoms with Crippen molar-refractivity contribution >= 4 is 0 Å². The average molecular weight is 180 g/mol. The Morgan fingerprint density at radius 1 is 1.31 bits per heavy atom. The average Bonchev–Trinajstić information content (AvgIpc) is 2.15. The van der Waals surface area contributed by atoms with E-state index in [9.17, 15) is 0 Å². The molecule has 0 spiro atoms. The molecule has 74 valence electrons. The number of hydrogen-bond acceptors (Lipinski definition) is 2. The topological polar surface area (TPSA) is 52.0 Å². The summed E-state index contributed by atoms with van der Waals surface area (Å²) in [5.74, 6) is 0.516. The van der Waals surface area contributed by atoms with Gasteiger partial charge in [0, 0.05) is 17.3 Å². The fraction of sp³-hybridized carbons (Fsp3) is 0.636. The molecule has 13 heavy (non-hydrogen) atoms. The minimum absolute atomic E-state index is 0.516. The maximum Gasteiger partial charge on any atom is 0.0353 e. The molecule has 1 aliphatic rings. The zero-order valence-electron chi connectivity index (χ0n) is 8.85. The number of nitrogens with two attached hydrogens (primary N) is 2. The minimum Gasteiger partial charge on any atom is -0.402 e. The third-order valence-electron chi connectivity index (χ3n) is 3.07. The maximum atomic E-state index is 6.01. The van der Waals surface area contributed by atoms with E-state index < -0.39 is 0 Å². The van der Waals surface area contributed by atoms with Crippen molar-refractivity contribution in [2.45, 2.75) is 40.0 Å². The number of allylic oxidation sites excluding steroid dienone is 3. The van der Waals surface area contributed by atoms with Crippen LogP contribution in [0.5, 0.6) is 0 Å². The molecule has 0 heterocycles. The van der Waals surface area contributed by atoms with Gasteiger partial charge in [0.25, 0.3) is 0 Å². The van der Waals surface area contributed by atoms with Crippen molar-refractivity contribution in [2.75, 3.05) is 0 Å². The van der Waals surface area contributed by atoms with Crippen molar-refractivity contribution in [1.29, 1.82) is 0 Å². The molecule has 0 saturated heterocycles. The lowest BCUT2D eigenvalue weighted by Crippen LogP contribution is -2.22. The second-order valence-electron chi connectivity index (χ2n) is 3.76. The van der Waals surface area contributed by atoms with E-state index in [0.29, 0.717) is 5.92 Å². The predicted octanol–water partition coefficient (Wildman–Crippen LogP) is 2.27. The predicted molar refractivity (Wildman–Crippen MR) is 56.8 cm³/mol. The first-order valence-corrected chi connectivity index (χ1v) is 5.05. The Bertz CT molecular complexity index is 261. The van der Waals surface area contributed by atoms with Crippen LogP contribution in [-0.2, 0) is 0 Å². The van der Waals surface area contributed by atoms with Gasteiger partial charge in [0.15, 0.2) is 0 Å². The summed E-state index contributed by atoms with van der Waals surface area (Å²) >= 11 is 0. The van der Waals surface area contributed by atoms with Gasteiger partial charge in [-0.25, -0.2) is 0 Å². The van der Waals surface area contributed by atoms with Crippen LogP contribution in [-0.4, -0.2) is 0 Å². The fourth-order valence-corrected chi connectivity index (χ4v) is 1.94. The third kappa shape index (κ3) is 1.71. The first-order chi connectivity index (χ1) is 6.11. The SMILES string of the molecule is CCC1=C(N)C(C)=C(N)C(CC)C1. The summed E-state index contributed by atoms with van der Waals surface area (Å²) < 4.78 is 0. The Labute approximate surface area is 80.7 Å². The van der Waals surface area contributed by atoms with Gasteiger partial charge in [-0.1, -0.05) is 13.8 Å². The van der Waals surface area contributed by atoms with Crippen LogP contribution in [0.1, 0.15) is 40.0 Å². The van der Waals surface area contributed by atoms with Crippen molar-refractivity contribution < 1.29 is 0 Å². The molecule has 0 saturated carbocycles. The van der Waals surface area contributed by atoms with E-state index in [2.05, 4.69) is 13.8 Å². The first kappa shape index (κ1) is 10.2. The van der Waals surface area contributed by atoms with Crippen molar-refractivity contribution in [3.63, 3.8) is 0 Å². The quantitative estimate of drug-likeness (QED) is 0.685. The van der Waals surface area contributed by atoms with Crippen LogP contribution in [0.4, 0.5) is 0 Å². The van der Waals surface area contributed by atoms with Crippen LogP contribution in [0.25, 0.3) is 0 Å². The molecule has 0 radical (unpaired) electrons. The normalized spacial score (nSPS) is 24.1. The Kier molecular flexibility index (Phi) is 3.02. The lowest BCUT2D eigenvalue weighted by atomic mass is 9.83. The molecule has 0 aromatic rings. The van der Waals surface area contributed by atoms with Crippen LogP contribution in [0.2, 0.25) is 0 Å². The summed E-state index contributed by atoms with van der Waals surface area (Å²) in [6.45, 7) is 6.37. The summed E-state index contributed by atoms with van der Waals surface area (Å²) in [6.07, 6.45) is 3.22. The standard InChI is InChI=1S/C11H20N2/c1-4-8-6-9(5-2)11(13)7(3)10(8)12/h8H,4-6,12-13H2,1-3H3. The van der Waals surface area contributed by atoms with E-state index in [0.717, 1.165) is 36.2 Å². The van der Waals surface area contributed by atoms with Gasteiger partial charge in [0.1, 0.15) is 0 Å². The zero-order chi connectivity index (χ0) is 10.0. The van der Waals surface area contributed by atoms with Crippen LogP contribution >= 0.6 is 0 Å². The van der Waals surface area contributed by atoms with Crippen molar-refractivity contribution in [3.8, 4) is 0 Å². The molecule has 4 N–H and O–H groups in total. The highest BCUT2D eigenvalue weighted by molar-refractivity contribution is 5.39. The molecule has 0 bridgehead atoms. The smallest absolute Gasteiger partial charge is 0.0353 e. The highest BCUT2D eigenvalue weighted by atomic mass is 14.7. The minimum atomic E-state index is 0.516. The van der Waals surface area contributed by atoms with E-state index in [1.807, 2.05) is 6.92 Å². The van der Waals surface area contributed by atoms with E-state index in [1.165, 1.54) is 5.57 Å². The summed E-state index contributed by atoms with van der Waals surface area (Å²) in [4.78, 5) is 0. The second-order valence-corrected chi connectivity index (χ2v) is 3.76. The molecule has 2 nitrogen and oxygen atoms in total. The molecule has 2 heteroatoms. The molecule has 0 aliphatic heterocycles. The second kappa shape index (κ2) is 3.86. The van der Waals surface area contributed by atoms with E-state index in [4.69, 9.17) is 11.5 Å². The van der Waals surface area contributed by atoms with Crippen molar-refractivity contribution in [3.05, 3.63) is 22.5 Å². The highest BCUT2D eigenvalue weighted by Crippen LogP contribution is 2.32. The lowest BCUT2D eigenvalue weighted by Gasteiger charge is -2.26. The van der Waals surface area contributed by atoms with Gasteiger partial charge in [-0.3, -0.25) is 0 Å². The van der Waals surface area contributed by atoms with E-state index >= 15 is 0 Å². The number of rotatable bonds is 2. The van der Waals surface area contributed by atoms with Crippen molar-refractivity contribution in [2.24, 2.45) is 17.4 Å². The fourth-order valence-electron chi connectivity index (χ4n) is 1.94. The lowest BCUT2D eigenvalue weighted by molar-refractivity contribution is 0.551. The van der Waals surface area contributed by atoms with Gasteiger partial charge < -0.3 is 11.5 Å². The third-order valence-corrected chi connectivity index (χ3v) is 3.07. The Morgan fingerprint density at radius 3 is 2.38 bits per heavy atom. The van der Waals surface area contributed by atoms with Gasteiger partial charge >= 0.3 is 0 Å². The van der Waals surface area contributed by atoms with Gasteiger partial charge in [-0.2, -0.15) is 0 Å². The Balaban J connectivity index is 3.03. The molecule has 0 aromatic carbocycles. The first-order valence-electron chi connectivity index (χ1n) is 5.05. The number of hydrogen-bond donors (Lipinski definition) is 2. The molecule has 0 fully saturated rings. The molecular formula is C11H20N2. The maximum absolute atomic E-state index is 6.01. The molecular weight excluding hydrogens is 160 g/mol. The van der Waals surface area contributed by atoms with Crippen molar-refractivity contribution in [1.82, 2.24) is 0 Å². The van der Waals surface area contributed by atoms with E-state index in [1.54, 1.807) is 0 Å². The van der Waals surface area contributed by atoms with Crippen LogP contribution in [0.15, 0.2) is 22.5 Å². The van der Waals surface area contributed by atoms with E-state index in [-0.39, 0.29) is 0 Å². The molecule has 1 rings (SSSR count). The zero-order valence-corrected chi connectivity index (χ0v) is 8.85. The van der Waals surface area contributed by atoms with Gasteiger partial charge in [0.05, 0.1) is 0 Å². The highest BCUT2D eigenvalue weighted by Gasteiger charge is 2.21. The summed E-state index contributed by atoms with van der Waals surface area (Å²) in [5.41, 5.74) is 16.4. The molecule has 0 amide bonds. The molecule has 1 atom stereocenters. The summed E-state index contributed by atoms with van der Waals surface area (Å²) in [6, 6.07) is 0. The Morgan fingerprint density at radius 2 is 1.92 bits per heavy atom. The van der Waals surface area contributed by atoms with Crippen LogP contribution < -0.4 is 11.5 Å². The van der Waals surface area contributed by atoms with Gasteiger partial charge in [0.2, 0.25) is 0 Å². The summed E-state index contributed by atoms with van der Waals surface area (Å²) in [5, 5.41) is 0. The summed E-state index contributed by atoms with van der Waals surface area (Å²) in [7, 11) is 0. The van der Waals surface area contributed by atoms with Crippen LogP contribution in [0, 0.1) is 5.92 Å². The van der Waals surface area contributed by atoms with Gasteiger partial charge in [-0.05, 0) is 37.3 Å².